The van der Waals surface area contributed by atoms with Crippen LogP contribution in [-0.4, -0.2) is 23.7 Å². The van der Waals surface area contributed by atoms with Gasteiger partial charge in [-0.15, -0.1) is 0 Å². The summed E-state index contributed by atoms with van der Waals surface area (Å²) in [7, 11) is 0.435. The molecule has 0 N–H and O–H groups in total. The summed E-state index contributed by atoms with van der Waals surface area (Å²) in [6, 6.07) is 6.08. The molecule has 0 fully saturated rings. The smallest absolute Gasteiger partial charge is 0.301 e. The van der Waals surface area contributed by atoms with E-state index in [0.717, 1.165) is 0 Å². The maximum absolute atomic E-state index is 13.2. The van der Waals surface area contributed by atoms with Gasteiger partial charge >= 0.3 is 5.97 Å². The molecule has 3 nitrogen and oxygen atoms in total. The number of hydrogen-bond acceptors (Lipinski definition) is 3. The van der Waals surface area contributed by atoms with Gasteiger partial charge in [0.25, 0.3) is 0 Å². The van der Waals surface area contributed by atoms with Crippen molar-refractivity contribution in [2.75, 3.05) is 13.2 Å². The zero-order valence-electron chi connectivity index (χ0n) is 9.83. The Kier molecular flexibility index (Phi) is 5.07. The van der Waals surface area contributed by atoms with Crippen LogP contribution in [0.3, 0.4) is 0 Å². The molecule has 0 radical (unpaired) electrons. The Bertz CT molecular complexity index is 327. The molecule has 0 aliphatic carbocycles. The molecule has 0 amide bonds. The fourth-order valence-corrected chi connectivity index (χ4v) is 1.97. The molecule has 1 aromatic rings. The second kappa shape index (κ2) is 6.10. The highest BCUT2D eigenvalue weighted by Gasteiger charge is 2.33. The van der Waals surface area contributed by atoms with E-state index in [1.54, 1.807) is 12.1 Å². The quantitative estimate of drug-likeness (QED) is 0.558. The fraction of sp³-hybridized carbons (Fsp3) is 0.455. The van der Waals surface area contributed by atoms with E-state index in [0.29, 0.717) is 29.3 Å². The Morgan fingerprint density at radius 2 is 1.88 bits per heavy atom. The summed E-state index contributed by atoms with van der Waals surface area (Å²) in [6.07, 6.45) is 0. The normalized spacial score (nSPS) is 11.9. The van der Waals surface area contributed by atoms with Gasteiger partial charge in [0.15, 0.2) is 10.5 Å². The predicted octanol–water partition coefficient (Wildman–Crippen LogP) is 1.31. The van der Waals surface area contributed by atoms with E-state index in [4.69, 9.17) is 13.9 Å². The Balaban J connectivity index is 3.07. The maximum atomic E-state index is 13.2. The second-order valence-corrected chi connectivity index (χ2v) is 3.54. The van der Waals surface area contributed by atoms with E-state index in [9.17, 15) is 4.39 Å². The lowest BCUT2D eigenvalue weighted by Gasteiger charge is -2.32. The van der Waals surface area contributed by atoms with E-state index in [-0.39, 0.29) is 5.82 Å². The van der Waals surface area contributed by atoms with Crippen molar-refractivity contribution in [2.24, 2.45) is 0 Å². The molecule has 0 aromatic heterocycles. The predicted molar refractivity (Wildman–Crippen MR) is 62.4 cm³/mol. The molecule has 0 saturated carbocycles. The minimum atomic E-state index is -1.25. The molecule has 0 spiro atoms. The molecule has 0 heterocycles. The second-order valence-electron chi connectivity index (χ2n) is 3.14. The monoisotopic (exact) mass is 244 g/mol. The SMILES string of the molecule is CCOC(O[SiH3])(OCC)c1cccc(F)c1. The van der Waals surface area contributed by atoms with Crippen molar-refractivity contribution in [3.8, 4) is 0 Å². The van der Waals surface area contributed by atoms with Crippen LogP contribution in [0.25, 0.3) is 0 Å². The minimum absolute atomic E-state index is 0.333. The highest BCUT2D eigenvalue weighted by Crippen LogP contribution is 2.28. The summed E-state index contributed by atoms with van der Waals surface area (Å²) in [5.41, 5.74) is 0.547. The van der Waals surface area contributed by atoms with Gasteiger partial charge in [0.1, 0.15) is 5.82 Å². The molecule has 0 saturated heterocycles. The number of halogens is 1. The van der Waals surface area contributed by atoms with E-state index in [1.165, 1.54) is 12.1 Å². The van der Waals surface area contributed by atoms with Gasteiger partial charge in [-0.3, -0.25) is 0 Å². The first-order chi connectivity index (χ1) is 7.68. The van der Waals surface area contributed by atoms with Crippen LogP contribution in [0.5, 0.6) is 0 Å². The summed E-state index contributed by atoms with van der Waals surface area (Å²) in [5.74, 6) is -1.59. The van der Waals surface area contributed by atoms with Crippen LogP contribution in [0.15, 0.2) is 24.3 Å². The lowest BCUT2D eigenvalue weighted by molar-refractivity contribution is -0.352. The molecule has 0 aliphatic heterocycles. The Morgan fingerprint density at radius 1 is 1.25 bits per heavy atom. The molecule has 1 aromatic carbocycles. The molecular formula is C11H17FO3Si. The first kappa shape index (κ1) is 13.3. The van der Waals surface area contributed by atoms with Crippen molar-refractivity contribution >= 4 is 10.5 Å². The first-order valence-electron chi connectivity index (χ1n) is 5.27. The van der Waals surface area contributed by atoms with Crippen molar-refractivity contribution in [1.82, 2.24) is 0 Å². The van der Waals surface area contributed by atoms with Crippen molar-refractivity contribution in [3.05, 3.63) is 35.6 Å². The molecule has 0 unspecified atom stereocenters. The van der Waals surface area contributed by atoms with Crippen molar-refractivity contribution in [1.29, 1.82) is 0 Å². The van der Waals surface area contributed by atoms with Crippen molar-refractivity contribution < 1.29 is 18.3 Å². The van der Waals surface area contributed by atoms with Crippen LogP contribution >= 0.6 is 0 Å². The van der Waals surface area contributed by atoms with E-state index in [2.05, 4.69) is 0 Å². The van der Waals surface area contributed by atoms with Gasteiger partial charge in [-0.25, -0.2) is 4.39 Å². The van der Waals surface area contributed by atoms with Crippen LogP contribution in [-0.2, 0) is 19.9 Å². The average molecular weight is 244 g/mol. The van der Waals surface area contributed by atoms with Gasteiger partial charge in [-0.1, -0.05) is 12.1 Å². The standard InChI is InChI=1S/C11H17FO3Si/c1-3-13-11(15-16,14-4-2)9-6-5-7-10(12)8-9/h5-8H,3-4H2,1-2,16H3. The molecule has 0 bridgehead atoms. The van der Waals surface area contributed by atoms with Crippen LogP contribution < -0.4 is 0 Å². The van der Waals surface area contributed by atoms with Gasteiger partial charge in [-0.05, 0) is 26.0 Å². The zero-order chi connectivity index (χ0) is 12.0. The van der Waals surface area contributed by atoms with Gasteiger partial charge in [0, 0.05) is 18.8 Å². The molecule has 5 heteroatoms. The number of benzene rings is 1. The van der Waals surface area contributed by atoms with E-state index >= 15 is 0 Å². The van der Waals surface area contributed by atoms with Crippen molar-refractivity contribution in [2.45, 2.75) is 19.8 Å². The average Bonchev–Trinajstić information content (AvgIpc) is 2.28. The summed E-state index contributed by atoms with van der Waals surface area (Å²) in [5, 5.41) is 0. The molecule has 0 atom stereocenters. The third-order valence-corrected chi connectivity index (χ3v) is 2.65. The van der Waals surface area contributed by atoms with E-state index in [1.807, 2.05) is 13.8 Å². The number of rotatable bonds is 6. The Hall–Kier alpha value is -0.753. The fourth-order valence-electron chi connectivity index (χ4n) is 1.50. The zero-order valence-corrected chi connectivity index (χ0v) is 11.8. The van der Waals surface area contributed by atoms with Gasteiger partial charge in [0.05, 0.1) is 0 Å². The Labute approximate surface area is 98.1 Å². The maximum Gasteiger partial charge on any atom is 0.301 e. The third kappa shape index (κ3) is 2.88. The van der Waals surface area contributed by atoms with Crippen molar-refractivity contribution in [3.63, 3.8) is 0 Å². The Morgan fingerprint density at radius 3 is 2.31 bits per heavy atom. The summed E-state index contributed by atoms with van der Waals surface area (Å²) in [4.78, 5) is 0. The lowest BCUT2D eigenvalue weighted by Crippen LogP contribution is -2.36. The molecular weight excluding hydrogens is 227 g/mol. The topological polar surface area (TPSA) is 27.7 Å². The summed E-state index contributed by atoms with van der Waals surface area (Å²) < 4.78 is 29.5. The van der Waals surface area contributed by atoms with Crippen LogP contribution in [0, 0.1) is 5.82 Å². The molecule has 90 valence electrons. The third-order valence-electron chi connectivity index (χ3n) is 2.12. The first-order valence-corrected chi connectivity index (χ1v) is 6.09. The molecule has 16 heavy (non-hydrogen) atoms. The highest BCUT2D eigenvalue weighted by atomic mass is 28.2. The van der Waals surface area contributed by atoms with Gasteiger partial charge in [0.2, 0.25) is 0 Å². The van der Waals surface area contributed by atoms with E-state index < -0.39 is 5.97 Å². The van der Waals surface area contributed by atoms with Crippen LogP contribution in [0.4, 0.5) is 4.39 Å². The number of ether oxygens (including phenoxy) is 2. The van der Waals surface area contributed by atoms with Crippen LogP contribution in [0.2, 0.25) is 0 Å². The number of hydrogen-bond donors (Lipinski definition) is 0. The minimum Gasteiger partial charge on any atom is -0.376 e. The molecule has 1 rings (SSSR count). The summed E-state index contributed by atoms with van der Waals surface area (Å²) >= 11 is 0. The molecule has 0 aliphatic rings. The largest absolute Gasteiger partial charge is 0.376 e. The van der Waals surface area contributed by atoms with Crippen LogP contribution in [0.1, 0.15) is 19.4 Å². The van der Waals surface area contributed by atoms with Gasteiger partial charge in [-0.2, -0.15) is 0 Å². The lowest BCUT2D eigenvalue weighted by atomic mass is 10.2. The summed E-state index contributed by atoms with van der Waals surface area (Å²) in [6.45, 7) is 4.54. The highest BCUT2D eigenvalue weighted by molar-refractivity contribution is 5.98. The van der Waals surface area contributed by atoms with Gasteiger partial charge < -0.3 is 13.9 Å².